The van der Waals surface area contributed by atoms with Crippen LogP contribution in [0.15, 0.2) is 18.2 Å². The van der Waals surface area contributed by atoms with Gasteiger partial charge in [0.15, 0.2) is 6.10 Å². The molecule has 0 saturated heterocycles. The molecule has 1 amide bonds. The van der Waals surface area contributed by atoms with E-state index in [4.69, 9.17) is 10.5 Å². The molecule has 0 aromatic heterocycles. The number of ether oxygens (including phenoxy) is 1. The highest BCUT2D eigenvalue weighted by atomic mass is 16.5. The highest BCUT2D eigenvalue weighted by Crippen LogP contribution is 2.31. The molecule has 2 rings (SSSR count). The molecule has 0 bridgehead atoms. The zero-order chi connectivity index (χ0) is 12.3. The maximum atomic E-state index is 11.7. The Labute approximate surface area is 101 Å². The molecular formula is C13H18N2O2. The Morgan fingerprint density at radius 3 is 3.00 bits per heavy atom. The van der Waals surface area contributed by atoms with Gasteiger partial charge in [-0.1, -0.05) is 13.0 Å². The molecule has 1 atom stereocenters. The van der Waals surface area contributed by atoms with Gasteiger partial charge in [-0.2, -0.15) is 0 Å². The number of carbonyl (C=O) groups is 1. The standard InChI is InChI=1S/C13H18N2O2/c1-2-11-13(16)15-10-8-9(4-3-7-14)5-6-12(10)17-11/h5-6,8,11H,2-4,7,14H2,1H3,(H,15,16). The number of hydrogen-bond acceptors (Lipinski definition) is 3. The molecule has 0 aliphatic carbocycles. The molecule has 1 aromatic carbocycles. The zero-order valence-corrected chi connectivity index (χ0v) is 10.0. The Morgan fingerprint density at radius 2 is 2.29 bits per heavy atom. The van der Waals surface area contributed by atoms with E-state index in [1.807, 2.05) is 25.1 Å². The van der Waals surface area contributed by atoms with Crippen molar-refractivity contribution in [3.8, 4) is 5.75 Å². The number of aryl methyl sites for hydroxylation is 1. The topological polar surface area (TPSA) is 64.3 Å². The molecular weight excluding hydrogens is 216 g/mol. The fraction of sp³-hybridized carbons (Fsp3) is 0.462. The number of benzene rings is 1. The van der Waals surface area contributed by atoms with Crippen molar-refractivity contribution in [2.45, 2.75) is 32.3 Å². The first-order chi connectivity index (χ1) is 8.24. The molecule has 3 N–H and O–H groups in total. The van der Waals surface area contributed by atoms with Crippen LogP contribution in [0.1, 0.15) is 25.3 Å². The highest BCUT2D eigenvalue weighted by molar-refractivity contribution is 5.97. The SMILES string of the molecule is CCC1Oc2ccc(CCCN)cc2NC1=O. The molecule has 0 radical (unpaired) electrons. The molecule has 4 heteroatoms. The van der Waals surface area contributed by atoms with Crippen LogP contribution < -0.4 is 15.8 Å². The monoisotopic (exact) mass is 234 g/mol. The molecule has 1 aliphatic rings. The van der Waals surface area contributed by atoms with Crippen molar-refractivity contribution in [3.05, 3.63) is 23.8 Å². The van der Waals surface area contributed by atoms with Gasteiger partial charge < -0.3 is 15.8 Å². The normalized spacial score (nSPS) is 18.2. The van der Waals surface area contributed by atoms with E-state index in [0.29, 0.717) is 13.0 Å². The van der Waals surface area contributed by atoms with Crippen LogP contribution in [0.2, 0.25) is 0 Å². The summed E-state index contributed by atoms with van der Waals surface area (Å²) in [7, 11) is 0. The number of rotatable bonds is 4. The first-order valence-electron chi connectivity index (χ1n) is 6.05. The smallest absolute Gasteiger partial charge is 0.265 e. The lowest BCUT2D eigenvalue weighted by Gasteiger charge is -2.25. The van der Waals surface area contributed by atoms with E-state index in [1.165, 1.54) is 5.56 Å². The second-order valence-electron chi connectivity index (χ2n) is 4.23. The largest absolute Gasteiger partial charge is 0.478 e. The lowest BCUT2D eigenvalue weighted by atomic mass is 10.1. The first kappa shape index (κ1) is 11.9. The summed E-state index contributed by atoms with van der Waals surface area (Å²) in [5.41, 5.74) is 7.42. The van der Waals surface area contributed by atoms with E-state index >= 15 is 0 Å². The number of nitrogens with two attached hydrogens (primary N) is 1. The van der Waals surface area contributed by atoms with E-state index in [1.54, 1.807) is 0 Å². The van der Waals surface area contributed by atoms with Gasteiger partial charge in [-0.25, -0.2) is 0 Å². The van der Waals surface area contributed by atoms with Crippen LogP contribution in [0.25, 0.3) is 0 Å². The van der Waals surface area contributed by atoms with Crippen LogP contribution >= 0.6 is 0 Å². The van der Waals surface area contributed by atoms with E-state index in [-0.39, 0.29) is 12.0 Å². The van der Waals surface area contributed by atoms with Gasteiger partial charge in [0.25, 0.3) is 5.91 Å². The van der Waals surface area contributed by atoms with Gasteiger partial charge in [-0.3, -0.25) is 4.79 Å². The molecule has 1 heterocycles. The summed E-state index contributed by atoms with van der Waals surface area (Å²) < 4.78 is 5.62. The quantitative estimate of drug-likeness (QED) is 0.833. The third-order valence-corrected chi connectivity index (χ3v) is 2.90. The zero-order valence-electron chi connectivity index (χ0n) is 10.0. The van der Waals surface area contributed by atoms with E-state index < -0.39 is 0 Å². The Bertz CT molecular complexity index is 418. The van der Waals surface area contributed by atoms with Crippen LogP contribution in [-0.4, -0.2) is 18.6 Å². The number of hydrogen-bond donors (Lipinski definition) is 2. The van der Waals surface area contributed by atoms with Crippen LogP contribution in [0, 0.1) is 0 Å². The molecule has 92 valence electrons. The third-order valence-electron chi connectivity index (χ3n) is 2.90. The van der Waals surface area contributed by atoms with Crippen LogP contribution in [-0.2, 0) is 11.2 Å². The minimum absolute atomic E-state index is 0.0593. The summed E-state index contributed by atoms with van der Waals surface area (Å²) in [5.74, 6) is 0.698. The van der Waals surface area contributed by atoms with Gasteiger partial charge >= 0.3 is 0 Å². The maximum Gasteiger partial charge on any atom is 0.265 e. The predicted molar refractivity (Wildman–Crippen MR) is 67.2 cm³/mol. The Morgan fingerprint density at radius 1 is 1.47 bits per heavy atom. The Balaban J connectivity index is 2.17. The van der Waals surface area contributed by atoms with Crippen molar-refractivity contribution in [2.24, 2.45) is 5.73 Å². The maximum absolute atomic E-state index is 11.7. The number of carbonyl (C=O) groups excluding carboxylic acids is 1. The number of fused-ring (bicyclic) bond motifs is 1. The highest BCUT2D eigenvalue weighted by Gasteiger charge is 2.25. The number of anilines is 1. The van der Waals surface area contributed by atoms with Crippen LogP contribution in [0.3, 0.4) is 0 Å². The van der Waals surface area contributed by atoms with Gasteiger partial charge in [0.1, 0.15) is 5.75 Å². The van der Waals surface area contributed by atoms with Gasteiger partial charge in [0.2, 0.25) is 0 Å². The van der Waals surface area contributed by atoms with Crippen molar-refractivity contribution in [1.82, 2.24) is 0 Å². The fourth-order valence-corrected chi connectivity index (χ4v) is 1.93. The third kappa shape index (κ3) is 2.58. The van der Waals surface area contributed by atoms with Gasteiger partial charge in [-0.15, -0.1) is 0 Å². The first-order valence-corrected chi connectivity index (χ1v) is 6.05. The van der Waals surface area contributed by atoms with E-state index in [0.717, 1.165) is 24.3 Å². The van der Waals surface area contributed by atoms with E-state index in [9.17, 15) is 4.79 Å². The minimum atomic E-state index is -0.364. The number of nitrogens with one attached hydrogen (secondary N) is 1. The molecule has 1 aliphatic heterocycles. The Hall–Kier alpha value is -1.55. The molecule has 0 fully saturated rings. The summed E-state index contributed by atoms with van der Waals surface area (Å²) in [6, 6.07) is 5.91. The molecule has 1 unspecified atom stereocenters. The van der Waals surface area contributed by atoms with Crippen LogP contribution in [0.5, 0.6) is 5.75 Å². The molecule has 4 nitrogen and oxygen atoms in total. The molecule has 0 saturated carbocycles. The van der Waals surface area contributed by atoms with Gasteiger partial charge in [0, 0.05) is 0 Å². The van der Waals surface area contributed by atoms with Crippen molar-refractivity contribution in [1.29, 1.82) is 0 Å². The molecule has 0 spiro atoms. The average molecular weight is 234 g/mol. The van der Waals surface area contributed by atoms with Crippen molar-refractivity contribution >= 4 is 11.6 Å². The number of amides is 1. The van der Waals surface area contributed by atoms with Crippen molar-refractivity contribution in [2.75, 3.05) is 11.9 Å². The minimum Gasteiger partial charge on any atom is -0.478 e. The lowest BCUT2D eigenvalue weighted by molar-refractivity contribution is -0.123. The average Bonchev–Trinajstić information content (AvgIpc) is 2.35. The van der Waals surface area contributed by atoms with Gasteiger partial charge in [0.05, 0.1) is 5.69 Å². The Kier molecular flexibility index (Phi) is 3.64. The molecule has 1 aromatic rings. The summed E-state index contributed by atoms with van der Waals surface area (Å²) in [6.45, 7) is 2.61. The van der Waals surface area contributed by atoms with Crippen molar-refractivity contribution in [3.63, 3.8) is 0 Å². The predicted octanol–water partition coefficient (Wildman–Crippen LogP) is 1.69. The summed E-state index contributed by atoms with van der Waals surface area (Å²) >= 11 is 0. The van der Waals surface area contributed by atoms with E-state index in [2.05, 4.69) is 5.32 Å². The second kappa shape index (κ2) is 5.19. The second-order valence-corrected chi connectivity index (χ2v) is 4.23. The summed E-state index contributed by atoms with van der Waals surface area (Å²) in [6.07, 6.45) is 2.19. The lowest BCUT2D eigenvalue weighted by Crippen LogP contribution is -2.36. The molecule has 17 heavy (non-hydrogen) atoms. The van der Waals surface area contributed by atoms with Gasteiger partial charge in [-0.05, 0) is 43.5 Å². The van der Waals surface area contributed by atoms with Crippen molar-refractivity contribution < 1.29 is 9.53 Å². The summed E-state index contributed by atoms with van der Waals surface area (Å²) in [5, 5.41) is 2.88. The summed E-state index contributed by atoms with van der Waals surface area (Å²) in [4.78, 5) is 11.7. The fourth-order valence-electron chi connectivity index (χ4n) is 1.93. The van der Waals surface area contributed by atoms with Crippen LogP contribution in [0.4, 0.5) is 5.69 Å².